The summed E-state index contributed by atoms with van der Waals surface area (Å²) in [6, 6.07) is 0. The minimum atomic E-state index is 0.0352. The SMILES string of the molecule is CC1CCC(C)(C2OCC(C)(C)CO2)CC1. The molecule has 2 rings (SSSR count). The van der Waals surface area contributed by atoms with Crippen molar-refractivity contribution < 1.29 is 9.47 Å². The van der Waals surface area contributed by atoms with Crippen LogP contribution in [0, 0.1) is 16.7 Å². The smallest absolute Gasteiger partial charge is 0.162 e. The first-order valence-corrected chi connectivity index (χ1v) is 6.65. The second-order valence-electron chi connectivity index (χ2n) is 6.95. The van der Waals surface area contributed by atoms with E-state index in [-0.39, 0.29) is 17.1 Å². The zero-order chi connectivity index (χ0) is 11.8. The number of rotatable bonds is 1. The van der Waals surface area contributed by atoms with E-state index in [2.05, 4.69) is 27.7 Å². The van der Waals surface area contributed by atoms with Gasteiger partial charge in [-0.2, -0.15) is 0 Å². The number of hydrogen-bond donors (Lipinski definition) is 0. The highest BCUT2D eigenvalue weighted by Gasteiger charge is 2.42. The van der Waals surface area contributed by atoms with Crippen molar-refractivity contribution in [2.24, 2.45) is 16.7 Å². The molecule has 2 heteroatoms. The van der Waals surface area contributed by atoms with Gasteiger partial charge in [-0.15, -0.1) is 0 Å². The van der Waals surface area contributed by atoms with Crippen molar-refractivity contribution in [3.05, 3.63) is 0 Å². The van der Waals surface area contributed by atoms with Crippen molar-refractivity contribution in [2.75, 3.05) is 13.2 Å². The third-order valence-electron chi connectivity index (χ3n) is 4.24. The Morgan fingerprint density at radius 3 is 1.94 bits per heavy atom. The zero-order valence-electron chi connectivity index (χ0n) is 11.2. The molecule has 1 aliphatic heterocycles. The predicted octanol–water partition coefficient (Wildman–Crippen LogP) is 3.60. The van der Waals surface area contributed by atoms with Crippen LogP contribution >= 0.6 is 0 Å². The summed E-state index contributed by atoms with van der Waals surface area (Å²) < 4.78 is 11.9. The van der Waals surface area contributed by atoms with Gasteiger partial charge in [-0.05, 0) is 18.8 Å². The molecule has 0 amide bonds. The van der Waals surface area contributed by atoms with E-state index in [0.717, 1.165) is 19.1 Å². The van der Waals surface area contributed by atoms with Crippen molar-refractivity contribution in [2.45, 2.75) is 59.7 Å². The van der Waals surface area contributed by atoms with Gasteiger partial charge >= 0.3 is 0 Å². The summed E-state index contributed by atoms with van der Waals surface area (Å²) in [6.07, 6.45) is 5.18. The topological polar surface area (TPSA) is 18.5 Å². The summed E-state index contributed by atoms with van der Waals surface area (Å²) in [6.45, 7) is 10.8. The molecule has 1 saturated carbocycles. The molecule has 0 radical (unpaired) electrons. The largest absolute Gasteiger partial charge is 0.351 e. The monoisotopic (exact) mass is 226 g/mol. The Balaban J connectivity index is 1.93. The lowest BCUT2D eigenvalue weighted by molar-refractivity contribution is -0.272. The van der Waals surface area contributed by atoms with Crippen molar-refractivity contribution in [3.8, 4) is 0 Å². The molecule has 0 aromatic rings. The van der Waals surface area contributed by atoms with E-state index in [1.54, 1.807) is 0 Å². The molecule has 1 aliphatic carbocycles. The summed E-state index contributed by atoms with van der Waals surface area (Å²) in [5.74, 6) is 0.883. The minimum Gasteiger partial charge on any atom is -0.351 e. The molecule has 1 heterocycles. The molecule has 0 aromatic heterocycles. The van der Waals surface area contributed by atoms with Crippen molar-refractivity contribution >= 4 is 0 Å². The van der Waals surface area contributed by atoms with Gasteiger partial charge in [0.15, 0.2) is 6.29 Å². The number of ether oxygens (including phenoxy) is 2. The Bertz CT molecular complexity index is 229. The lowest BCUT2D eigenvalue weighted by atomic mass is 9.71. The normalized spacial score (nSPS) is 40.9. The molecule has 0 atom stereocenters. The van der Waals surface area contributed by atoms with Crippen LogP contribution in [0.5, 0.6) is 0 Å². The van der Waals surface area contributed by atoms with Crippen LogP contribution in [0.25, 0.3) is 0 Å². The minimum absolute atomic E-state index is 0.0352. The van der Waals surface area contributed by atoms with Crippen molar-refractivity contribution in [3.63, 3.8) is 0 Å². The van der Waals surface area contributed by atoms with Gasteiger partial charge in [-0.3, -0.25) is 0 Å². The molecule has 0 aromatic carbocycles. The maximum absolute atomic E-state index is 5.95. The fraction of sp³-hybridized carbons (Fsp3) is 1.00. The molecule has 2 aliphatic rings. The second-order valence-corrected chi connectivity index (χ2v) is 6.95. The van der Waals surface area contributed by atoms with Crippen LogP contribution in [0.1, 0.15) is 53.4 Å². The highest BCUT2D eigenvalue weighted by molar-refractivity contribution is 4.86. The molecule has 94 valence electrons. The van der Waals surface area contributed by atoms with Crippen LogP contribution in [-0.4, -0.2) is 19.5 Å². The van der Waals surface area contributed by atoms with E-state index in [0.29, 0.717) is 0 Å². The van der Waals surface area contributed by atoms with Crippen LogP contribution < -0.4 is 0 Å². The highest BCUT2D eigenvalue weighted by atomic mass is 16.7. The summed E-state index contributed by atoms with van der Waals surface area (Å²) >= 11 is 0. The number of hydrogen-bond acceptors (Lipinski definition) is 2. The molecular formula is C14H26O2. The van der Waals surface area contributed by atoms with E-state index in [9.17, 15) is 0 Å². The van der Waals surface area contributed by atoms with E-state index >= 15 is 0 Å². The maximum atomic E-state index is 5.95. The third kappa shape index (κ3) is 2.60. The first-order valence-electron chi connectivity index (χ1n) is 6.65. The Morgan fingerprint density at radius 2 is 1.44 bits per heavy atom. The lowest BCUT2D eigenvalue weighted by Crippen LogP contribution is -2.47. The average Bonchev–Trinajstić information content (AvgIpc) is 2.22. The summed E-state index contributed by atoms with van der Waals surface area (Å²) in [7, 11) is 0. The molecule has 0 bridgehead atoms. The maximum Gasteiger partial charge on any atom is 0.162 e. The van der Waals surface area contributed by atoms with E-state index in [1.165, 1.54) is 25.7 Å². The first kappa shape index (κ1) is 12.4. The molecule has 2 fully saturated rings. The third-order valence-corrected chi connectivity index (χ3v) is 4.24. The van der Waals surface area contributed by atoms with Crippen LogP contribution in [-0.2, 0) is 9.47 Å². The Hall–Kier alpha value is -0.0800. The summed E-state index contributed by atoms with van der Waals surface area (Å²) in [5.41, 5.74) is 0.442. The molecule has 16 heavy (non-hydrogen) atoms. The molecular weight excluding hydrogens is 200 g/mol. The van der Waals surface area contributed by atoms with E-state index in [4.69, 9.17) is 9.47 Å². The van der Waals surface area contributed by atoms with Gasteiger partial charge in [-0.25, -0.2) is 0 Å². The van der Waals surface area contributed by atoms with Crippen molar-refractivity contribution in [1.29, 1.82) is 0 Å². The van der Waals surface area contributed by atoms with Gasteiger partial charge in [0.2, 0.25) is 0 Å². The van der Waals surface area contributed by atoms with E-state index in [1.807, 2.05) is 0 Å². The van der Waals surface area contributed by atoms with Gasteiger partial charge < -0.3 is 9.47 Å². The molecule has 1 saturated heterocycles. The highest BCUT2D eigenvalue weighted by Crippen LogP contribution is 2.44. The Morgan fingerprint density at radius 1 is 0.938 bits per heavy atom. The zero-order valence-corrected chi connectivity index (χ0v) is 11.2. The van der Waals surface area contributed by atoms with Crippen LogP contribution in [0.4, 0.5) is 0 Å². The summed E-state index contributed by atoms with van der Waals surface area (Å²) in [4.78, 5) is 0. The van der Waals surface area contributed by atoms with Gasteiger partial charge in [-0.1, -0.05) is 40.5 Å². The van der Waals surface area contributed by atoms with Crippen LogP contribution in [0.2, 0.25) is 0 Å². The molecule has 2 nitrogen and oxygen atoms in total. The Kier molecular flexibility index (Phi) is 3.33. The first-order chi connectivity index (χ1) is 7.41. The van der Waals surface area contributed by atoms with Gasteiger partial charge in [0, 0.05) is 10.8 Å². The van der Waals surface area contributed by atoms with Crippen LogP contribution in [0.3, 0.4) is 0 Å². The molecule has 0 unspecified atom stereocenters. The predicted molar refractivity (Wildman–Crippen MR) is 65.2 cm³/mol. The Labute approximate surface area is 99.7 Å². The lowest BCUT2D eigenvalue weighted by Gasteiger charge is -2.46. The quantitative estimate of drug-likeness (QED) is 0.680. The molecule has 0 N–H and O–H groups in total. The fourth-order valence-corrected chi connectivity index (χ4v) is 2.75. The summed E-state index contributed by atoms with van der Waals surface area (Å²) in [5, 5.41) is 0. The standard InChI is InChI=1S/C14H26O2/c1-11-5-7-14(4,8-6-11)12-15-9-13(2,3)10-16-12/h11-12H,5-10H2,1-4H3. The average molecular weight is 226 g/mol. The van der Waals surface area contributed by atoms with Crippen LogP contribution in [0.15, 0.2) is 0 Å². The van der Waals surface area contributed by atoms with Crippen molar-refractivity contribution in [1.82, 2.24) is 0 Å². The second kappa shape index (κ2) is 4.30. The fourth-order valence-electron chi connectivity index (χ4n) is 2.75. The van der Waals surface area contributed by atoms with Gasteiger partial charge in [0.25, 0.3) is 0 Å². The van der Waals surface area contributed by atoms with Gasteiger partial charge in [0.05, 0.1) is 13.2 Å². The van der Waals surface area contributed by atoms with E-state index < -0.39 is 0 Å². The molecule has 0 spiro atoms. The van der Waals surface area contributed by atoms with Gasteiger partial charge in [0.1, 0.15) is 0 Å².